The quantitative estimate of drug-likeness (QED) is 0.618. The van der Waals surface area contributed by atoms with E-state index in [1.54, 1.807) is 6.20 Å². The zero-order chi connectivity index (χ0) is 17.1. The van der Waals surface area contributed by atoms with Gasteiger partial charge in [-0.15, -0.1) is 0 Å². The molecule has 0 saturated carbocycles. The summed E-state index contributed by atoms with van der Waals surface area (Å²) in [6, 6.07) is 21.9. The molecule has 120 valence electrons. The van der Waals surface area contributed by atoms with Gasteiger partial charge in [0.25, 0.3) is 0 Å². The number of para-hydroxylation sites is 2. The molecule has 0 saturated heterocycles. The van der Waals surface area contributed by atoms with Crippen LogP contribution in [-0.4, -0.2) is 14.8 Å². The van der Waals surface area contributed by atoms with Crippen LogP contribution in [0.4, 0.5) is 5.69 Å². The summed E-state index contributed by atoms with van der Waals surface area (Å²) in [6.07, 6.45) is 3.54. The predicted molar refractivity (Wildman–Crippen MR) is 97.3 cm³/mol. The Hall–Kier alpha value is -3.65. The van der Waals surface area contributed by atoms with Gasteiger partial charge < -0.3 is 5.32 Å². The van der Waals surface area contributed by atoms with Crippen LogP contribution in [0.25, 0.3) is 16.6 Å². The van der Waals surface area contributed by atoms with E-state index in [9.17, 15) is 5.26 Å². The first-order chi connectivity index (χ1) is 12.3. The molecule has 25 heavy (non-hydrogen) atoms. The van der Waals surface area contributed by atoms with Gasteiger partial charge in [0, 0.05) is 17.8 Å². The van der Waals surface area contributed by atoms with Crippen LogP contribution in [0.2, 0.25) is 0 Å². The van der Waals surface area contributed by atoms with E-state index >= 15 is 0 Å². The number of pyridine rings is 1. The Kier molecular flexibility index (Phi) is 3.85. The van der Waals surface area contributed by atoms with Crippen LogP contribution in [0.5, 0.6) is 0 Å². The Morgan fingerprint density at radius 2 is 1.80 bits per heavy atom. The summed E-state index contributed by atoms with van der Waals surface area (Å²) >= 11 is 0. The summed E-state index contributed by atoms with van der Waals surface area (Å²) in [5.74, 6) is 0. The van der Waals surface area contributed by atoms with Gasteiger partial charge in [-0.3, -0.25) is 4.98 Å². The largest absolute Gasteiger partial charge is 0.378 e. The van der Waals surface area contributed by atoms with E-state index in [1.165, 1.54) is 0 Å². The third kappa shape index (κ3) is 2.93. The molecule has 0 aliphatic rings. The first-order valence-corrected chi connectivity index (χ1v) is 7.97. The number of hydrogen-bond donors (Lipinski definition) is 1. The van der Waals surface area contributed by atoms with Crippen molar-refractivity contribution in [3.05, 3.63) is 84.3 Å². The minimum Gasteiger partial charge on any atom is -0.378 e. The van der Waals surface area contributed by atoms with E-state index in [0.29, 0.717) is 12.1 Å². The minimum absolute atomic E-state index is 0.529. The standard InChI is InChI=1S/C20H15N5/c21-12-15-13-22-19-9-5-4-8-18(19)20(15)23-14-16-10-11-25(24-16)17-6-2-1-3-7-17/h1-11,13H,14H2,(H,22,23). The Balaban J connectivity index is 1.61. The number of nitriles is 1. The van der Waals surface area contributed by atoms with Crippen LogP contribution in [0.3, 0.4) is 0 Å². The molecule has 0 atom stereocenters. The number of nitrogens with one attached hydrogen (secondary N) is 1. The van der Waals surface area contributed by atoms with Crippen molar-refractivity contribution in [2.45, 2.75) is 6.54 Å². The molecule has 0 aliphatic heterocycles. The fourth-order valence-corrected chi connectivity index (χ4v) is 2.78. The van der Waals surface area contributed by atoms with Crippen LogP contribution in [0.15, 0.2) is 73.1 Å². The summed E-state index contributed by atoms with van der Waals surface area (Å²) in [4.78, 5) is 4.33. The molecular weight excluding hydrogens is 310 g/mol. The highest BCUT2D eigenvalue weighted by molar-refractivity contribution is 5.93. The van der Waals surface area contributed by atoms with Gasteiger partial charge in [0.15, 0.2) is 0 Å². The van der Waals surface area contributed by atoms with Gasteiger partial charge in [0.05, 0.1) is 34.7 Å². The maximum Gasteiger partial charge on any atom is 0.103 e. The second-order valence-corrected chi connectivity index (χ2v) is 5.62. The summed E-state index contributed by atoms with van der Waals surface area (Å²) in [7, 11) is 0. The molecule has 2 heterocycles. The molecule has 5 nitrogen and oxygen atoms in total. The number of fused-ring (bicyclic) bond motifs is 1. The first-order valence-electron chi connectivity index (χ1n) is 7.97. The maximum atomic E-state index is 9.38. The van der Waals surface area contributed by atoms with Gasteiger partial charge in [0.2, 0.25) is 0 Å². The highest BCUT2D eigenvalue weighted by Gasteiger charge is 2.09. The molecule has 0 bridgehead atoms. The molecule has 0 amide bonds. The minimum atomic E-state index is 0.529. The predicted octanol–water partition coefficient (Wildman–Crippen LogP) is 3.90. The van der Waals surface area contributed by atoms with Crippen molar-refractivity contribution < 1.29 is 0 Å². The molecule has 2 aromatic heterocycles. The van der Waals surface area contributed by atoms with Crippen molar-refractivity contribution in [2.24, 2.45) is 0 Å². The molecule has 4 rings (SSSR count). The van der Waals surface area contributed by atoms with Gasteiger partial charge in [-0.1, -0.05) is 36.4 Å². The van der Waals surface area contributed by atoms with E-state index in [-0.39, 0.29) is 0 Å². The Labute approximate surface area is 145 Å². The zero-order valence-electron chi connectivity index (χ0n) is 13.4. The van der Waals surface area contributed by atoms with Crippen molar-refractivity contribution in [3.8, 4) is 11.8 Å². The maximum absolute atomic E-state index is 9.38. The average molecular weight is 325 g/mol. The third-order valence-corrected chi connectivity index (χ3v) is 4.01. The second-order valence-electron chi connectivity index (χ2n) is 5.62. The smallest absolute Gasteiger partial charge is 0.103 e. The van der Waals surface area contributed by atoms with Crippen LogP contribution >= 0.6 is 0 Å². The fraction of sp³-hybridized carbons (Fsp3) is 0.0500. The number of aromatic nitrogens is 3. The Bertz CT molecular complexity index is 1060. The van der Waals surface area contributed by atoms with Crippen LogP contribution < -0.4 is 5.32 Å². The van der Waals surface area contributed by atoms with Crippen molar-refractivity contribution in [1.82, 2.24) is 14.8 Å². The zero-order valence-corrected chi connectivity index (χ0v) is 13.4. The summed E-state index contributed by atoms with van der Waals surface area (Å²) < 4.78 is 1.84. The van der Waals surface area contributed by atoms with Crippen LogP contribution in [-0.2, 0) is 6.54 Å². The van der Waals surface area contributed by atoms with E-state index in [2.05, 4.69) is 21.5 Å². The average Bonchev–Trinajstić information content (AvgIpc) is 3.15. The van der Waals surface area contributed by atoms with Gasteiger partial charge in [-0.05, 0) is 24.3 Å². The summed E-state index contributed by atoms with van der Waals surface area (Å²) in [5.41, 5.74) is 4.09. The SMILES string of the molecule is N#Cc1cnc2ccccc2c1NCc1ccn(-c2ccccc2)n1. The van der Waals surface area contributed by atoms with Crippen molar-refractivity contribution in [3.63, 3.8) is 0 Å². The van der Waals surface area contributed by atoms with E-state index in [0.717, 1.165) is 28.0 Å². The van der Waals surface area contributed by atoms with E-state index in [1.807, 2.05) is 71.5 Å². The van der Waals surface area contributed by atoms with Crippen LogP contribution in [0, 0.1) is 11.3 Å². The number of anilines is 1. The summed E-state index contributed by atoms with van der Waals surface area (Å²) in [5, 5.41) is 18.2. The van der Waals surface area contributed by atoms with Gasteiger partial charge in [-0.25, -0.2) is 4.68 Å². The molecular formula is C20H15N5. The molecule has 0 radical (unpaired) electrons. The van der Waals surface area contributed by atoms with E-state index in [4.69, 9.17) is 0 Å². The highest BCUT2D eigenvalue weighted by Crippen LogP contribution is 2.25. The number of benzene rings is 2. The molecule has 2 aromatic carbocycles. The molecule has 1 N–H and O–H groups in total. The fourth-order valence-electron chi connectivity index (χ4n) is 2.78. The van der Waals surface area contributed by atoms with Crippen molar-refractivity contribution >= 4 is 16.6 Å². The Morgan fingerprint density at radius 1 is 1.00 bits per heavy atom. The molecule has 0 unspecified atom stereocenters. The molecule has 5 heteroatoms. The van der Waals surface area contributed by atoms with Crippen LogP contribution in [0.1, 0.15) is 11.3 Å². The number of nitrogens with zero attached hydrogens (tertiary/aromatic N) is 4. The number of hydrogen-bond acceptors (Lipinski definition) is 4. The van der Waals surface area contributed by atoms with Gasteiger partial charge >= 0.3 is 0 Å². The lowest BCUT2D eigenvalue weighted by Gasteiger charge is -2.10. The third-order valence-electron chi connectivity index (χ3n) is 4.01. The molecule has 0 fully saturated rings. The molecule has 0 aliphatic carbocycles. The van der Waals surface area contributed by atoms with Gasteiger partial charge in [-0.2, -0.15) is 10.4 Å². The van der Waals surface area contributed by atoms with Gasteiger partial charge in [0.1, 0.15) is 6.07 Å². The van der Waals surface area contributed by atoms with E-state index < -0.39 is 0 Å². The second kappa shape index (κ2) is 6.46. The first kappa shape index (κ1) is 14.9. The lowest BCUT2D eigenvalue weighted by molar-refractivity contribution is 0.844. The van der Waals surface area contributed by atoms with Crippen molar-refractivity contribution in [1.29, 1.82) is 5.26 Å². The van der Waals surface area contributed by atoms with Crippen molar-refractivity contribution in [2.75, 3.05) is 5.32 Å². The molecule has 0 spiro atoms. The summed E-state index contributed by atoms with van der Waals surface area (Å²) in [6.45, 7) is 0.530. The highest BCUT2D eigenvalue weighted by atomic mass is 15.3. The lowest BCUT2D eigenvalue weighted by Crippen LogP contribution is -2.04. The molecule has 4 aromatic rings. The monoisotopic (exact) mass is 325 g/mol. The topological polar surface area (TPSA) is 66.5 Å². The lowest BCUT2D eigenvalue weighted by atomic mass is 10.1. The number of rotatable bonds is 4. The normalized spacial score (nSPS) is 10.5. The Morgan fingerprint density at radius 3 is 2.64 bits per heavy atom.